The first-order valence-corrected chi connectivity index (χ1v) is 6.84. The molecule has 0 fully saturated rings. The van der Waals surface area contributed by atoms with Crippen LogP contribution in [0.4, 0.5) is 0 Å². The smallest absolute Gasteiger partial charge is 0.264 e. The van der Waals surface area contributed by atoms with Crippen LogP contribution in [0.1, 0.15) is 44.0 Å². The summed E-state index contributed by atoms with van der Waals surface area (Å²) in [7, 11) is 0. The van der Waals surface area contributed by atoms with Crippen LogP contribution in [-0.2, 0) is 13.0 Å². The van der Waals surface area contributed by atoms with Crippen molar-refractivity contribution in [3.63, 3.8) is 0 Å². The molecule has 1 heterocycles. The average Bonchev–Trinajstić information content (AvgIpc) is 2.85. The van der Waals surface area contributed by atoms with Crippen LogP contribution in [0, 0.1) is 0 Å². The van der Waals surface area contributed by atoms with E-state index in [1.807, 2.05) is 45.0 Å². The van der Waals surface area contributed by atoms with E-state index in [1.54, 1.807) is 0 Å². The zero-order valence-electron chi connectivity index (χ0n) is 12.2. The van der Waals surface area contributed by atoms with Gasteiger partial charge in [-0.15, -0.1) is 0 Å². The Balaban J connectivity index is 1.96. The number of aromatic nitrogens is 2. The molecule has 108 valence electrons. The lowest BCUT2D eigenvalue weighted by Crippen LogP contribution is -2.17. The molecule has 0 aliphatic heterocycles. The van der Waals surface area contributed by atoms with Crippen LogP contribution in [0.25, 0.3) is 0 Å². The molecule has 0 aliphatic rings. The standard InChI is InChI=1S/C15H21N3O2/c1-10(2)15-17-14(20-18-15)9-19-13-6-4-5-12(8-13)7-11(3)16/h4-6,8,10-11H,7,9,16H2,1-3H3. The van der Waals surface area contributed by atoms with Gasteiger partial charge < -0.3 is 15.0 Å². The van der Waals surface area contributed by atoms with Gasteiger partial charge in [-0.05, 0) is 31.0 Å². The number of nitrogens with two attached hydrogens (primary N) is 1. The van der Waals surface area contributed by atoms with Gasteiger partial charge in [-0.25, -0.2) is 0 Å². The normalized spacial score (nSPS) is 12.7. The highest BCUT2D eigenvalue weighted by atomic mass is 16.5. The number of ether oxygens (including phenoxy) is 1. The van der Waals surface area contributed by atoms with Crippen LogP contribution in [0.15, 0.2) is 28.8 Å². The van der Waals surface area contributed by atoms with E-state index in [1.165, 1.54) is 0 Å². The molecule has 1 aromatic carbocycles. The van der Waals surface area contributed by atoms with Crippen molar-refractivity contribution in [2.75, 3.05) is 0 Å². The lowest BCUT2D eigenvalue weighted by molar-refractivity contribution is 0.242. The third-order valence-corrected chi connectivity index (χ3v) is 2.82. The zero-order valence-corrected chi connectivity index (χ0v) is 12.2. The van der Waals surface area contributed by atoms with Crippen molar-refractivity contribution < 1.29 is 9.26 Å². The fourth-order valence-corrected chi connectivity index (χ4v) is 1.84. The summed E-state index contributed by atoms with van der Waals surface area (Å²) in [5.74, 6) is 2.23. The highest BCUT2D eigenvalue weighted by Gasteiger charge is 2.10. The minimum Gasteiger partial charge on any atom is -0.484 e. The summed E-state index contributed by atoms with van der Waals surface area (Å²) in [4.78, 5) is 4.27. The molecule has 0 amide bonds. The van der Waals surface area contributed by atoms with E-state index in [9.17, 15) is 0 Å². The van der Waals surface area contributed by atoms with Gasteiger partial charge in [0.25, 0.3) is 5.89 Å². The minimum atomic E-state index is 0.134. The van der Waals surface area contributed by atoms with Crippen molar-refractivity contribution in [2.45, 2.75) is 45.8 Å². The Labute approximate surface area is 119 Å². The van der Waals surface area contributed by atoms with E-state index in [-0.39, 0.29) is 18.6 Å². The molecule has 2 N–H and O–H groups in total. The Morgan fingerprint density at radius 1 is 1.30 bits per heavy atom. The van der Waals surface area contributed by atoms with Crippen LogP contribution in [0.5, 0.6) is 5.75 Å². The molecular formula is C15H21N3O2. The first-order valence-electron chi connectivity index (χ1n) is 6.84. The first kappa shape index (κ1) is 14.5. The summed E-state index contributed by atoms with van der Waals surface area (Å²) >= 11 is 0. The van der Waals surface area contributed by atoms with Gasteiger partial charge in [0.05, 0.1) is 0 Å². The maximum atomic E-state index is 5.80. The topological polar surface area (TPSA) is 74.2 Å². The Morgan fingerprint density at radius 3 is 2.75 bits per heavy atom. The molecule has 0 spiro atoms. The van der Waals surface area contributed by atoms with Crippen molar-refractivity contribution in [1.82, 2.24) is 10.1 Å². The second kappa shape index (κ2) is 6.52. The highest BCUT2D eigenvalue weighted by molar-refractivity contribution is 5.29. The van der Waals surface area contributed by atoms with Gasteiger partial charge in [0.1, 0.15) is 5.75 Å². The summed E-state index contributed by atoms with van der Waals surface area (Å²) in [6.45, 7) is 6.31. The number of benzene rings is 1. The summed E-state index contributed by atoms with van der Waals surface area (Å²) in [5.41, 5.74) is 6.95. The summed E-state index contributed by atoms with van der Waals surface area (Å²) in [6.07, 6.45) is 0.829. The van der Waals surface area contributed by atoms with Crippen LogP contribution < -0.4 is 10.5 Å². The molecule has 1 unspecified atom stereocenters. The molecule has 5 heteroatoms. The van der Waals surface area contributed by atoms with Crippen molar-refractivity contribution in [2.24, 2.45) is 5.73 Å². The van der Waals surface area contributed by atoms with Gasteiger partial charge in [0.2, 0.25) is 0 Å². The van der Waals surface area contributed by atoms with Gasteiger partial charge in [-0.1, -0.05) is 31.1 Å². The molecule has 0 bridgehead atoms. The number of rotatable bonds is 6. The third-order valence-electron chi connectivity index (χ3n) is 2.82. The van der Waals surface area contributed by atoms with Gasteiger partial charge in [-0.3, -0.25) is 0 Å². The summed E-state index contributed by atoms with van der Waals surface area (Å²) in [5, 5.41) is 3.90. The quantitative estimate of drug-likeness (QED) is 0.877. The van der Waals surface area contributed by atoms with Gasteiger partial charge >= 0.3 is 0 Å². The summed E-state index contributed by atoms with van der Waals surface area (Å²) in [6, 6.07) is 8.03. The number of nitrogens with zero attached hydrogens (tertiary/aromatic N) is 2. The van der Waals surface area contributed by atoms with Crippen LogP contribution in [-0.4, -0.2) is 16.2 Å². The molecule has 5 nitrogen and oxygen atoms in total. The first-order chi connectivity index (χ1) is 9.54. The SMILES string of the molecule is CC(N)Cc1cccc(OCc2nc(C(C)C)no2)c1. The molecule has 20 heavy (non-hydrogen) atoms. The molecule has 2 rings (SSSR count). The second-order valence-electron chi connectivity index (χ2n) is 5.32. The maximum absolute atomic E-state index is 5.80. The predicted molar refractivity (Wildman–Crippen MR) is 76.5 cm³/mol. The van der Waals surface area contributed by atoms with Crippen LogP contribution in [0.2, 0.25) is 0 Å². The van der Waals surface area contributed by atoms with Crippen LogP contribution in [0.3, 0.4) is 0 Å². The van der Waals surface area contributed by atoms with Crippen molar-refractivity contribution >= 4 is 0 Å². The molecule has 0 saturated heterocycles. The molecule has 1 aromatic heterocycles. The predicted octanol–water partition coefficient (Wildman–Crippen LogP) is 2.66. The Morgan fingerprint density at radius 2 is 2.10 bits per heavy atom. The van der Waals surface area contributed by atoms with E-state index in [0.29, 0.717) is 11.7 Å². The van der Waals surface area contributed by atoms with E-state index in [2.05, 4.69) is 10.1 Å². The van der Waals surface area contributed by atoms with Gasteiger partial charge in [-0.2, -0.15) is 4.98 Å². The average molecular weight is 275 g/mol. The molecule has 2 aromatic rings. The fourth-order valence-electron chi connectivity index (χ4n) is 1.84. The summed E-state index contributed by atoms with van der Waals surface area (Å²) < 4.78 is 10.8. The number of hydrogen-bond acceptors (Lipinski definition) is 5. The third kappa shape index (κ3) is 4.06. The molecule has 0 aliphatic carbocycles. The number of hydrogen-bond donors (Lipinski definition) is 1. The zero-order chi connectivity index (χ0) is 14.5. The Hall–Kier alpha value is -1.88. The second-order valence-corrected chi connectivity index (χ2v) is 5.32. The molecule has 0 radical (unpaired) electrons. The van der Waals surface area contributed by atoms with Gasteiger partial charge in [0, 0.05) is 12.0 Å². The van der Waals surface area contributed by atoms with E-state index < -0.39 is 0 Å². The van der Waals surface area contributed by atoms with E-state index in [0.717, 1.165) is 17.7 Å². The fraction of sp³-hybridized carbons (Fsp3) is 0.467. The lowest BCUT2D eigenvalue weighted by Gasteiger charge is -2.08. The monoisotopic (exact) mass is 275 g/mol. The van der Waals surface area contributed by atoms with E-state index in [4.69, 9.17) is 15.0 Å². The molecule has 0 saturated carbocycles. The Kier molecular flexibility index (Phi) is 4.74. The molecule has 1 atom stereocenters. The maximum Gasteiger partial charge on any atom is 0.264 e. The highest BCUT2D eigenvalue weighted by Crippen LogP contribution is 2.16. The lowest BCUT2D eigenvalue weighted by atomic mass is 10.1. The van der Waals surface area contributed by atoms with Crippen molar-refractivity contribution in [3.05, 3.63) is 41.5 Å². The van der Waals surface area contributed by atoms with Crippen molar-refractivity contribution in [1.29, 1.82) is 0 Å². The van der Waals surface area contributed by atoms with Crippen molar-refractivity contribution in [3.8, 4) is 5.75 Å². The van der Waals surface area contributed by atoms with E-state index >= 15 is 0 Å². The largest absolute Gasteiger partial charge is 0.484 e. The Bertz CT molecular complexity index is 550. The molecular weight excluding hydrogens is 254 g/mol. The van der Waals surface area contributed by atoms with Gasteiger partial charge in [0.15, 0.2) is 12.4 Å². The van der Waals surface area contributed by atoms with Crippen LogP contribution >= 0.6 is 0 Å². The minimum absolute atomic E-state index is 0.134.